The van der Waals surface area contributed by atoms with Gasteiger partial charge in [-0.2, -0.15) is 0 Å². The van der Waals surface area contributed by atoms with Gasteiger partial charge in [0.25, 0.3) is 0 Å². The highest BCUT2D eigenvalue weighted by Crippen LogP contribution is 1.97. The number of hydrogen-bond acceptors (Lipinski definition) is 6. The maximum Gasteiger partial charge on any atom is 0.506 e. The van der Waals surface area contributed by atoms with Crippen molar-refractivity contribution in [2.45, 2.75) is 6.10 Å². The fourth-order valence-corrected chi connectivity index (χ4v) is 0.657. The predicted octanol–water partition coefficient (Wildman–Crippen LogP) is 0.473. The molecule has 1 atom stereocenters. The highest BCUT2D eigenvalue weighted by Gasteiger charge is 2.17. The Labute approximate surface area is 90.0 Å². The molecule has 1 unspecified atom stereocenters. The topological polar surface area (TPSA) is 119 Å². The lowest BCUT2D eigenvalue weighted by Gasteiger charge is -2.14. The predicted molar refractivity (Wildman–Crippen MR) is 48.0 cm³/mol. The first-order valence-corrected chi connectivity index (χ1v) is 4.00. The molecule has 0 aliphatic carbocycles. The van der Waals surface area contributed by atoms with Gasteiger partial charge in [0.05, 0.1) is 0 Å². The maximum absolute atomic E-state index is 10.6. The first kappa shape index (κ1) is 13.8. The van der Waals surface area contributed by atoms with E-state index in [0.717, 1.165) is 6.08 Å². The van der Waals surface area contributed by atoms with Crippen LogP contribution in [0.1, 0.15) is 0 Å². The van der Waals surface area contributed by atoms with E-state index in [1.54, 1.807) is 0 Å². The van der Waals surface area contributed by atoms with Crippen LogP contribution in [0.25, 0.3) is 0 Å². The van der Waals surface area contributed by atoms with Gasteiger partial charge in [0, 0.05) is 6.08 Å². The molecule has 0 radical (unpaired) electrons. The van der Waals surface area contributed by atoms with Crippen LogP contribution >= 0.6 is 0 Å². The van der Waals surface area contributed by atoms with Crippen molar-refractivity contribution in [3.8, 4) is 0 Å². The number of hydrogen-bond donors (Lipinski definition) is 2. The van der Waals surface area contributed by atoms with E-state index in [1.807, 2.05) is 0 Å². The third-order valence-electron chi connectivity index (χ3n) is 1.24. The number of esters is 1. The maximum atomic E-state index is 10.6. The molecule has 8 nitrogen and oxygen atoms in total. The lowest BCUT2D eigenvalue weighted by Crippen LogP contribution is -2.29. The van der Waals surface area contributed by atoms with Crippen molar-refractivity contribution in [2.24, 2.45) is 0 Å². The summed E-state index contributed by atoms with van der Waals surface area (Å²) >= 11 is 0. The van der Waals surface area contributed by atoms with Gasteiger partial charge < -0.3 is 24.4 Å². The minimum Gasteiger partial charge on any atom is -0.458 e. The number of carbonyl (C=O) groups excluding carboxylic acids is 1. The molecule has 2 N–H and O–H groups in total. The van der Waals surface area contributed by atoms with Gasteiger partial charge in [-0.3, -0.25) is 0 Å². The molecule has 0 bridgehead atoms. The van der Waals surface area contributed by atoms with Crippen molar-refractivity contribution in [3.63, 3.8) is 0 Å². The SMILES string of the molecule is C=CC(=O)OCC(COC(=O)O)OC(=O)O. The Morgan fingerprint density at radius 2 is 1.69 bits per heavy atom. The van der Waals surface area contributed by atoms with Gasteiger partial charge in [-0.1, -0.05) is 6.58 Å². The van der Waals surface area contributed by atoms with E-state index < -0.39 is 37.6 Å². The van der Waals surface area contributed by atoms with Gasteiger partial charge in [0.1, 0.15) is 13.2 Å². The van der Waals surface area contributed by atoms with Crippen LogP contribution in [-0.2, 0) is 19.0 Å². The number of rotatable bonds is 6. The number of carboxylic acid groups (broad SMARTS) is 2. The van der Waals surface area contributed by atoms with E-state index in [9.17, 15) is 14.4 Å². The van der Waals surface area contributed by atoms with Gasteiger partial charge >= 0.3 is 18.3 Å². The average Bonchev–Trinajstić information content (AvgIpc) is 2.20. The average molecular weight is 234 g/mol. The summed E-state index contributed by atoms with van der Waals surface area (Å²) in [5, 5.41) is 16.5. The molecule has 90 valence electrons. The minimum atomic E-state index is -1.63. The zero-order chi connectivity index (χ0) is 12.6. The minimum absolute atomic E-state index is 0.454. The Morgan fingerprint density at radius 1 is 1.12 bits per heavy atom. The Hall–Kier alpha value is -2.25. The summed E-state index contributed by atoms with van der Waals surface area (Å²) in [5.74, 6) is -0.783. The molecule has 0 amide bonds. The molecule has 16 heavy (non-hydrogen) atoms. The van der Waals surface area contributed by atoms with Crippen LogP contribution in [-0.4, -0.2) is 47.8 Å². The number of ether oxygens (including phenoxy) is 3. The van der Waals surface area contributed by atoms with Gasteiger partial charge in [-0.15, -0.1) is 0 Å². The molecule has 0 saturated carbocycles. The van der Waals surface area contributed by atoms with Crippen LogP contribution in [0.5, 0.6) is 0 Å². The van der Waals surface area contributed by atoms with Crippen molar-refractivity contribution in [1.82, 2.24) is 0 Å². The molecule has 0 aromatic carbocycles. The monoisotopic (exact) mass is 234 g/mol. The van der Waals surface area contributed by atoms with Crippen molar-refractivity contribution in [2.75, 3.05) is 13.2 Å². The van der Waals surface area contributed by atoms with E-state index in [4.69, 9.17) is 10.2 Å². The molecular weight excluding hydrogens is 224 g/mol. The normalized spacial score (nSPS) is 11.0. The molecular formula is C8H10O8. The standard InChI is InChI=1S/C8H10O8/c1-2-6(9)14-3-5(16-8(12)13)4-15-7(10)11/h2,5H,1,3-4H2,(H,10,11)(H,12,13). The Kier molecular flexibility index (Phi) is 6.10. The molecule has 8 heteroatoms. The van der Waals surface area contributed by atoms with Gasteiger partial charge in [0.2, 0.25) is 0 Å². The van der Waals surface area contributed by atoms with E-state index in [1.165, 1.54) is 0 Å². The van der Waals surface area contributed by atoms with E-state index in [0.29, 0.717) is 0 Å². The van der Waals surface area contributed by atoms with E-state index in [-0.39, 0.29) is 0 Å². The van der Waals surface area contributed by atoms with Gasteiger partial charge in [-0.05, 0) is 0 Å². The van der Waals surface area contributed by atoms with Crippen molar-refractivity contribution in [1.29, 1.82) is 0 Å². The summed E-state index contributed by atoms with van der Waals surface area (Å²) in [4.78, 5) is 30.9. The molecule has 0 saturated heterocycles. The first-order chi connectivity index (χ1) is 7.45. The first-order valence-electron chi connectivity index (χ1n) is 4.00. The second kappa shape index (κ2) is 7.10. The molecule has 0 heterocycles. The van der Waals surface area contributed by atoms with Crippen LogP contribution < -0.4 is 0 Å². The summed E-state index contributed by atoms with van der Waals surface area (Å²) in [7, 11) is 0. The van der Waals surface area contributed by atoms with Crippen LogP contribution in [0.15, 0.2) is 12.7 Å². The van der Waals surface area contributed by atoms with Gasteiger partial charge in [0.15, 0.2) is 6.10 Å². The van der Waals surface area contributed by atoms with Crippen LogP contribution in [0, 0.1) is 0 Å². The van der Waals surface area contributed by atoms with Crippen LogP contribution in [0.4, 0.5) is 9.59 Å². The highest BCUT2D eigenvalue weighted by molar-refractivity contribution is 5.81. The van der Waals surface area contributed by atoms with Crippen LogP contribution in [0.2, 0.25) is 0 Å². The zero-order valence-corrected chi connectivity index (χ0v) is 8.12. The Morgan fingerprint density at radius 3 is 2.12 bits per heavy atom. The molecule has 0 fully saturated rings. The Bertz CT molecular complexity index is 284. The third kappa shape index (κ3) is 7.18. The highest BCUT2D eigenvalue weighted by atomic mass is 16.7. The second-order valence-electron chi connectivity index (χ2n) is 2.42. The van der Waals surface area contributed by atoms with Crippen molar-refractivity contribution < 1.29 is 38.8 Å². The molecule has 0 spiro atoms. The number of carbonyl (C=O) groups is 3. The van der Waals surface area contributed by atoms with E-state index >= 15 is 0 Å². The summed E-state index contributed by atoms with van der Waals surface area (Å²) in [6.07, 6.45) is -3.56. The fraction of sp³-hybridized carbons (Fsp3) is 0.375. The summed E-state index contributed by atoms with van der Waals surface area (Å²) in [6.45, 7) is 2.10. The summed E-state index contributed by atoms with van der Waals surface area (Å²) in [5.41, 5.74) is 0. The Balaban J connectivity index is 4.08. The fourth-order valence-electron chi connectivity index (χ4n) is 0.657. The second-order valence-corrected chi connectivity index (χ2v) is 2.42. The quantitative estimate of drug-likeness (QED) is 0.386. The molecule has 0 rings (SSSR count). The molecule has 0 aliphatic heterocycles. The lowest BCUT2D eigenvalue weighted by atomic mass is 10.4. The molecule has 0 aromatic rings. The van der Waals surface area contributed by atoms with Crippen molar-refractivity contribution in [3.05, 3.63) is 12.7 Å². The molecule has 0 aromatic heterocycles. The molecule has 0 aliphatic rings. The lowest BCUT2D eigenvalue weighted by molar-refractivity contribution is -0.142. The van der Waals surface area contributed by atoms with Gasteiger partial charge in [-0.25, -0.2) is 14.4 Å². The summed E-state index contributed by atoms with van der Waals surface area (Å²) in [6, 6.07) is 0. The largest absolute Gasteiger partial charge is 0.506 e. The third-order valence-corrected chi connectivity index (χ3v) is 1.24. The van der Waals surface area contributed by atoms with Crippen molar-refractivity contribution >= 4 is 18.3 Å². The zero-order valence-electron chi connectivity index (χ0n) is 8.12. The van der Waals surface area contributed by atoms with E-state index in [2.05, 4.69) is 20.8 Å². The summed E-state index contributed by atoms with van der Waals surface area (Å²) < 4.78 is 12.8. The smallest absolute Gasteiger partial charge is 0.458 e. The van der Waals surface area contributed by atoms with Crippen LogP contribution in [0.3, 0.4) is 0 Å².